The maximum Gasteiger partial charge on any atom is 0.266 e. The maximum atomic E-state index is 14.2. The molecule has 1 aliphatic heterocycles. The van der Waals surface area contributed by atoms with Crippen molar-refractivity contribution in [3.63, 3.8) is 0 Å². The minimum absolute atomic E-state index is 0.308. The lowest BCUT2D eigenvalue weighted by Crippen LogP contribution is -2.45. The van der Waals surface area contributed by atoms with Crippen LogP contribution in [-0.4, -0.2) is 19.6 Å². The van der Waals surface area contributed by atoms with Gasteiger partial charge < -0.3 is 0 Å². The molecule has 1 aliphatic rings. The predicted octanol–water partition coefficient (Wildman–Crippen LogP) is 6.41. The van der Waals surface area contributed by atoms with E-state index in [4.69, 9.17) is 0 Å². The molecule has 138 valence electrons. The van der Waals surface area contributed by atoms with E-state index < -0.39 is 14.2 Å². The molecule has 0 nitrogen and oxygen atoms in total. The Morgan fingerprint density at radius 2 is 1.46 bits per heavy atom. The van der Waals surface area contributed by atoms with Gasteiger partial charge in [0.05, 0.1) is 4.08 Å². The summed E-state index contributed by atoms with van der Waals surface area (Å²) in [5.74, 6) is 2.05. The van der Waals surface area contributed by atoms with Gasteiger partial charge in [0.2, 0.25) is 0 Å². The number of halogens is 2. The van der Waals surface area contributed by atoms with Crippen LogP contribution < -0.4 is 5.19 Å². The third-order valence-electron chi connectivity index (χ3n) is 5.06. The predicted molar refractivity (Wildman–Crippen MR) is 115 cm³/mol. The zero-order chi connectivity index (χ0) is 18.6. The number of hydrogen-bond acceptors (Lipinski definition) is 2. The summed E-state index contributed by atoms with van der Waals surface area (Å²) in [6.07, 6.45) is 0.0798. The van der Waals surface area contributed by atoms with Gasteiger partial charge in [-0.05, 0) is 35.1 Å². The Morgan fingerprint density at radius 3 is 2.00 bits per heavy atom. The van der Waals surface area contributed by atoms with Gasteiger partial charge in [0.1, 0.15) is 8.07 Å². The average molecular weight is 407 g/mol. The molecule has 5 heteroatoms. The second-order valence-electron chi connectivity index (χ2n) is 7.08. The van der Waals surface area contributed by atoms with Crippen molar-refractivity contribution in [2.75, 3.05) is 11.5 Å². The molecule has 0 N–H and O–H groups in total. The first-order valence-corrected chi connectivity index (χ1v) is 13.9. The van der Waals surface area contributed by atoms with Crippen molar-refractivity contribution in [2.24, 2.45) is 0 Å². The molecule has 2 aromatic carbocycles. The second-order valence-corrected chi connectivity index (χ2v) is 14.6. The third-order valence-corrected chi connectivity index (χ3v) is 12.1. The number of allylic oxidation sites excluding steroid dienone is 1. The van der Waals surface area contributed by atoms with Gasteiger partial charge in [0, 0.05) is 0 Å². The lowest BCUT2D eigenvalue weighted by Gasteiger charge is -2.40. The van der Waals surface area contributed by atoms with Crippen molar-refractivity contribution < 1.29 is 8.78 Å². The molecule has 0 saturated carbocycles. The highest BCUT2D eigenvalue weighted by Gasteiger charge is 2.42. The summed E-state index contributed by atoms with van der Waals surface area (Å²) in [4.78, 5) is 0. The smallest absolute Gasteiger partial charge is 0.174 e. The zero-order valence-electron chi connectivity index (χ0n) is 15.2. The minimum atomic E-state index is -2.43. The van der Waals surface area contributed by atoms with Crippen LogP contribution in [0.25, 0.3) is 0 Å². The van der Waals surface area contributed by atoms with Gasteiger partial charge in [-0.3, -0.25) is 0 Å². The normalized spacial score (nSPS) is 16.9. The van der Waals surface area contributed by atoms with Crippen LogP contribution in [-0.2, 0) is 4.08 Å². The Bertz CT molecular complexity index is 750. The van der Waals surface area contributed by atoms with Crippen molar-refractivity contribution in [1.82, 2.24) is 0 Å². The fraction of sp³-hybridized carbons (Fsp3) is 0.333. The van der Waals surface area contributed by atoms with Gasteiger partial charge in [-0.15, -0.1) is 23.5 Å². The van der Waals surface area contributed by atoms with E-state index in [1.165, 1.54) is 0 Å². The van der Waals surface area contributed by atoms with E-state index in [1.807, 2.05) is 85.1 Å². The highest BCUT2D eigenvalue weighted by Crippen LogP contribution is 2.55. The summed E-state index contributed by atoms with van der Waals surface area (Å²) in [6, 6.07) is 20.1. The van der Waals surface area contributed by atoms with Crippen molar-refractivity contribution in [3.05, 3.63) is 77.5 Å². The highest BCUT2D eigenvalue weighted by atomic mass is 32.2. The molecule has 0 atom stereocenters. The number of thioether (sulfide) groups is 2. The molecular weight excluding hydrogens is 382 g/mol. The topological polar surface area (TPSA) is 0 Å². The number of benzene rings is 2. The van der Waals surface area contributed by atoms with Crippen molar-refractivity contribution in [1.29, 1.82) is 0 Å². The molecule has 1 heterocycles. The van der Waals surface area contributed by atoms with Crippen LogP contribution >= 0.6 is 23.5 Å². The van der Waals surface area contributed by atoms with E-state index in [2.05, 4.69) is 12.1 Å². The Balaban J connectivity index is 2.02. The molecule has 0 unspecified atom stereocenters. The second kappa shape index (κ2) is 8.32. The molecule has 0 spiro atoms. The Morgan fingerprint density at radius 1 is 0.923 bits per heavy atom. The van der Waals surface area contributed by atoms with Gasteiger partial charge in [0.25, 0.3) is 6.08 Å². The summed E-state index contributed by atoms with van der Waals surface area (Å²) in [7, 11) is -2.43. The Kier molecular flexibility index (Phi) is 6.31. The lowest BCUT2D eigenvalue weighted by atomic mass is 10.1. The van der Waals surface area contributed by atoms with Crippen molar-refractivity contribution in [2.45, 2.75) is 30.0 Å². The molecule has 3 rings (SSSR count). The van der Waals surface area contributed by atoms with Crippen LogP contribution in [0.3, 0.4) is 0 Å². The largest absolute Gasteiger partial charge is 0.266 e. The SMILES string of the molecule is C[Si](C)(C(CC1(c2ccccc2)SCCCS1)=C(F)F)c1ccccc1. The standard InChI is InChI=1S/C21H24F2S2Si/c1-26(2,18-12-7-4-8-13-18)19(20(22)23)16-21(24-14-9-15-25-21)17-10-5-3-6-11-17/h3-8,10-13H,9,14-16H2,1-2H3. The van der Waals surface area contributed by atoms with Crippen LogP contribution in [0.4, 0.5) is 8.78 Å². The van der Waals surface area contributed by atoms with Crippen LogP contribution in [0.15, 0.2) is 71.9 Å². The fourth-order valence-electron chi connectivity index (χ4n) is 3.42. The van der Waals surface area contributed by atoms with E-state index in [0.29, 0.717) is 11.6 Å². The quantitative estimate of drug-likeness (QED) is 0.527. The first kappa shape index (κ1) is 19.7. The number of rotatable bonds is 5. The monoisotopic (exact) mass is 406 g/mol. The zero-order valence-corrected chi connectivity index (χ0v) is 17.8. The summed E-state index contributed by atoms with van der Waals surface area (Å²) in [5, 5.41) is 1.45. The third kappa shape index (κ3) is 4.10. The summed E-state index contributed by atoms with van der Waals surface area (Å²) < 4.78 is 28.1. The van der Waals surface area contributed by atoms with E-state index in [1.54, 1.807) is 0 Å². The van der Waals surface area contributed by atoms with Crippen LogP contribution in [0.2, 0.25) is 13.1 Å². The van der Waals surface area contributed by atoms with E-state index in [0.717, 1.165) is 28.7 Å². The van der Waals surface area contributed by atoms with E-state index >= 15 is 0 Å². The van der Waals surface area contributed by atoms with Crippen LogP contribution in [0.5, 0.6) is 0 Å². The van der Waals surface area contributed by atoms with Crippen molar-refractivity contribution >= 4 is 36.8 Å². The Labute approximate surface area is 164 Å². The van der Waals surface area contributed by atoms with Gasteiger partial charge in [0.15, 0.2) is 0 Å². The molecule has 0 radical (unpaired) electrons. The molecule has 1 saturated heterocycles. The van der Waals surface area contributed by atoms with Crippen molar-refractivity contribution in [3.8, 4) is 0 Å². The van der Waals surface area contributed by atoms with Gasteiger partial charge >= 0.3 is 0 Å². The molecule has 2 aromatic rings. The summed E-state index contributed by atoms with van der Waals surface area (Å²) in [5.41, 5.74) is 1.16. The number of hydrogen-bond donors (Lipinski definition) is 0. The average Bonchev–Trinajstić information content (AvgIpc) is 2.68. The van der Waals surface area contributed by atoms with Gasteiger partial charge in [-0.25, -0.2) is 0 Å². The molecule has 0 aromatic heterocycles. The maximum absolute atomic E-state index is 14.2. The van der Waals surface area contributed by atoms with E-state index in [9.17, 15) is 8.78 Å². The first-order valence-electron chi connectivity index (χ1n) is 8.89. The first-order chi connectivity index (χ1) is 12.5. The van der Waals surface area contributed by atoms with Crippen LogP contribution in [0, 0.1) is 0 Å². The fourth-order valence-corrected chi connectivity index (χ4v) is 9.58. The van der Waals surface area contributed by atoms with Gasteiger partial charge in [-0.1, -0.05) is 78.9 Å². The summed E-state index contributed by atoms with van der Waals surface area (Å²) >= 11 is 3.68. The molecule has 26 heavy (non-hydrogen) atoms. The minimum Gasteiger partial charge on any atom is -0.174 e. The molecule has 0 amide bonds. The molecule has 0 bridgehead atoms. The van der Waals surface area contributed by atoms with Crippen LogP contribution in [0.1, 0.15) is 18.4 Å². The molecule has 1 fully saturated rings. The Hall–Kier alpha value is -1.04. The van der Waals surface area contributed by atoms with Gasteiger partial charge in [-0.2, -0.15) is 8.78 Å². The molecular formula is C21H24F2S2Si. The van der Waals surface area contributed by atoms with E-state index in [-0.39, 0.29) is 4.08 Å². The summed E-state index contributed by atoms with van der Waals surface area (Å²) in [6.45, 7) is 4.10. The lowest BCUT2D eigenvalue weighted by molar-refractivity contribution is 0.412. The highest BCUT2D eigenvalue weighted by molar-refractivity contribution is 8.18. The molecule has 0 aliphatic carbocycles.